The van der Waals surface area contributed by atoms with E-state index in [1.807, 2.05) is 0 Å². The summed E-state index contributed by atoms with van der Waals surface area (Å²) >= 11 is 3.02. The third-order valence-electron chi connectivity index (χ3n) is 2.91. The van der Waals surface area contributed by atoms with Crippen LogP contribution in [-0.4, -0.2) is 17.0 Å². The van der Waals surface area contributed by atoms with Gasteiger partial charge in [-0.3, -0.25) is 4.79 Å². The van der Waals surface area contributed by atoms with Gasteiger partial charge in [0.25, 0.3) is 5.91 Å². The Hall–Kier alpha value is -2.21. The Morgan fingerprint density at radius 3 is 2.52 bits per heavy atom. The molecule has 0 fully saturated rings. The lowest BCUT2D eigenvalue weighted by molar-refractivity contribution is 0.0696. The van der Waals surface area contributed by atoms with Gasteiger partial charge in [0.2, 0.25) is 0 Å². The molecule has 0 atom stereocenters. The predicted molar refractivity (Wildman–Crippen MR) is 80.2 cm³/mol. The lowest BCUT2D eigenvalue weighted by Gasteiger charge is -2.09. The van der Waals surface area contributed by atoms with E-state index in [4.69, 9.17) is 5.11 Å². The first kappa shape index (κ1) is 15.2. The van der Waals surface area contributed by atoms with Crippen LogP contribution in [-0.2, 0) is 0 Å². The van der Waals surface area contributed by atoms with Gasteiger partial charge in [0.1, 0.15) is 5.82 Å². The quantitative estimate of drug-likeness (QED) is 0.882. The van der Waals surface area contributed by atoms with Gasteiger partial charge >= 0.3 is 5.97 Å². The maximum absolute atomic E-state index is 13.8. The maximum atomic E-state index is 13.8. The minimum atomic E-state index is -1.04. The van der Waals surface area contributed by atoms with Gasteiger partial charge in [-0.1, -0.05) is 6.07 Å². The van der Waals surface area contributed by atoms with Crippen molar-refractivity contribution < 1.29 is 19.1 Å². The summed E-state index contributed by atoms with van der Waals surface area (Å²) in [4.78, 5) is 22.9. The molecular formula is C15H11BrFNO3. The van der Waals surface area contributed by atoms with Crippen LogP contribution in [0.4, 0.5) is 10.1 Å². The number of nitrogens with one attached hydrogen (secondary N) is 1. The van der Waals surface area contributed by atoms with Crippen molar-refractivity contribution in [3.63, 3.8) is 0 Å². The van der Waals surface area contributed by atoms with Crippen LogP contribution >= 0.6 is 15.9 Å². The van der Waals surface area contributed by atoms with Gasteiger partial charge in [-0.2, -0.15) is 0 Å². The number of amides is 1. The Labute approximate surface area is 128 Å². The molecule has 0 aliphatic heterocycles. The van der Waals surface area contributed by atoms with Crippen LogP contribution < -0.4 is 5.32 Å². The number of benzene rings is 2. The van der Waals surface area contributed by atoms with E-state index in [1.54, 1.807) is 13.0 Å². The number of anilines is 1. The fraction of sp³-hybridized carbons (Fsp3) is 0.0667. The van der Waals surface area contributed by atoms with Gasteiger partial charge in [-0.25, -0.2) is 9.18 Å². The topological polar surface area (TPSA) is 66.4 Å². The van der Waals surface area contributed by atoms with E-state index in [9.17, 15) is 14.0 Å². The van der Waals surface area contributed by atoms with Crippen molar-refractivity contribution in [3.8, 4) is 0 Å². The predicted octanol–water partition coefficient (Wildman–Crippen LogP) is 3.85. The number of carbonyl (C=O) groups is 2. The molecule has 0 radical (unpaired) electrons. The van der Waals surface area contributed by atoms with Gasteiger partial charge in [0.15, 0.2) is 0 Å². The average Bonchev–Trinajstić information content (AvgIpc) is 2.41. The number of carbonyl (C=O) groups excluding carboxylic acids is 1. The SMILES string of the molecule is Cc1cc(NC(=O)c2cccc(Br)c2F)ccc1C(=O)O. The van der Waals surface area contributed by atoms with Crippen LogP contribution in [0.2, 0.25) is 0 Å². The Morgan fingerprint density at radius 1 is 1.19 bits per heavy atom. The summed E-state index contributed by atoms with van der Waals surface area (Å²) in [6.07, 6.45) is 0. The highest BCUT2D eigenvalue weighted by molar-refractivity contribution is 9.10. The molecule has 1 amide bonds. The van der Waals surface area contributed by atoms with Crippen molar-refractivity contribution >= 4 is 33.5 Å². The average molecular weight is 352 g/mol. The summed E-state index contributed by atoms with van der Waals surface area (Å²) in [7, 11) is 0. The normalized spacial score (nSPS) is 10.2. The number of rotatable bonds is 3. The summed E-state index contributed by atoms with van der Waals surface area (Å²) in [5.41, 5.74) is 0.975. The molecule has 0 bridgehead atoms. The molecule has 0 heterocycles. The fourth-order valence-corrected chi connectivity index (χ4v) is 2.23. The van der Waals surface area contributed by atoms with E-state index in [2.05, 4.69) is 21.2 Å². The number of aryl methyl sites for hydroxylation is 1. The number of halogens is 2. The van der Waals surface area contributed by atoms with Crippen molar-refractivity contribution in [2.45, 2.75) is 6.92 Å². The standard InChI is InChI=1S/C15H11BrFNO3/c1-8-7-9(5-6-10(8)15(20)21)18-14(19)11-3-2-4-12(16)13(11)17/h2-7H,1H3,(H,18,19)(H,20,21). The second kappa shape index (κ2) is 6.05. The van der Waals surface area contributed by atoms with Crippen molar-refractivity contribution in [1.29, 1.82) is 0 Å². The highest BCUT2D eigenvalue weighted by atomic mass is 79.9. The van der Waals surface area contributed by atoms with E-state index < -0.39 is 17.7 Å². The van der Waals surface area contributed by atoms with Crippen molar-refractivity contribution in [1.82, 2.24) is 0 Å². The van der Waals surface area contributed by atoms with Gasteiger partial charge in [0, 0.05) is 5.69 Å². The molecule has 2 N–H and O–H groups in total. The van der Waals surface area contributed by atoms with Crippen LogP contribution in [0.25, 0.3) is 0 Å². The minimum absolute atomic E-state index is 0.0932. The van der Waals surface area contributed by atoms with E-state index in [0.717, 1.165) is 0 Å². The lowest BCUT2D eigenvalue weighted by Crippen LogP contribution is -2.14. The zero-order chi connectivity index (χ0) is 15.6. The molecule has 0 aliphatic carbocycles. The fourth-order valence-electron chi connectivity index (χ4n) is 1.86. The smallest absolute Gasteiger partial charge is 0.335 e. The first-order valence-electron chi connectivity index (χ1n) is 5.99. The number of hydrogen-bond acceptors (Lipinski definition) is 2. The third kappa shape index (κ3) is 3.28. The molecule has 2 aromatic carbocycles. The van der Waals surface area contributed by atoms with Crippen LogP contribution in [0.1, 0.15) is 26.3 Å². The van der Waals surface area contributed by atoms with Crippen LogP contribution in [0.15, 0.2) is 40.9 Å². The molecular weight excluding hydrogens is 341 g/mol. The van der Waals surface area contributed by atoms with Gasteiger partial charge in [-0.15, -0.1) is 0 Å². The molecule has 0 aromatic heterocycles. The molecule has 4 nitrogen and oxygen atoms in total. The van der Waals surface area contributed by atoms with E-state index in [-0.39, 0.29) is 15.6 Å². The molecule has 0 saturated heterocycles. The Bertz CT molecular complexity index is 731. The summed E-state index contributed by atoms with van der Waals surface area (Å²) in [6.45, 7) is 1.62. The first-order chi connectivity index (χ1) is 9.90. The van der Waals surface area contributed by atoms with Crippen LogP contribution in [0, 0.1) is 12.7 Å². The second-order valence-corrected chi connectivity index (χ2v) is 5.24. The third-order valence-corrected chi connectivity index (χ3v) is 3.52. The van der Waals surface area contributed by atoms with E-state index in [0.29, 0.717) is 11.3 Å². The maximum Gasteiger partial charge on any atom is 0.335 e. The highest BCUT2D eigenvalue weighted by Crippen LogP contribution is 2.21. The number of carboxylic acids is 1. The second-order valence-electron chi connectivity index (χ2n) is 4.39. The summed E-state index contributed by atoms with van der Waals surface area (Å²) in [6, 6.07) is 8.80. The lowest BCUT2D eigenvalue weighted by atomic mass is 10.1. The van der Waals surface area contributed by atoms with Crippen molar-refractivity contribution in [2.75, 3.05) is 5.32 Å². The molecule has 0 saturated carbocycles. The van der Waals surface area contributed by atoms with Crippen molar-refractivity contribution in [2.24, 2.45) is 0 Å². The summed E-state index contributed by atoms with van der Waals surface area (Å²) < 4.78 is 14.0. The Balaban J connectivity index is 2.26. The highest BCUT2D eigenvalue weighted by Gasteiger charge is 2.15. The molecule has 0 unspecified atom stereocenters. The molecule has 108 valence electrons. The van der Waals surface area contributed by atoms with Crippen LogP contribution in [0.5, 0.6) is 0 Å². The summed E-state index contributed by atoms with van der Waals surface area (Å²) in [5, 5.41) is 11.5. The van der Waals surface area contributed by atoms with Crippen LogP contribution in [0.3, 0.4) is 0 Å². The number of carboxylic acid groups (broad SMARTS) is 1. The molecule has 21 heavy (non-hydrogen) atoms. The zero-order valence-electron chi connectivity index (χ0n) is 11.0. The van der Waals surface area contributed by atoms with E-state index in [1.165, 1.54) is 30.3 Å². The first-order valence-corrected chi connectivity index (χ1v) is 6.78. The molecule has 6 heteroatoms. The zero-order valence-corrected chi connectivity index (χ0v) is 12.6. The van der Waals surface area contributed by atoms with Gasteiger partial charge in [-0.05, 0) is 58.7 Å². The molecule has 2 rings (SSSR count). The minimum Gasteiger partial charge on any atom is -0.478 e. The number of hydrogen-bond donors (Lipinski definition) is 2. The van der Waals surface area contributed by atoms with Gasteiger partial charge in [0.05, 0.1) is 15.6 Å². The van der Waals surface area contributed by atoms with Crippen molar-refractivity contribution in [3.05, 3.63) is 63.4 Å². The largest absolute Gasteiger partial charge is 0.478 e. The molecule has 0 spiro atoms. The van der Waals surface area contributed by atoms with Gasteiger partial charge < -0.3 is 10.4 Å². The Kier molecular flexibility index (Phi) is 4.37. The Morgan fingerprint density at radius 2 is 1.90 bits per heavy atom. The molecule has 2 aromatic rings. The van der Waals surface area contributed by atoms with E-state index >= 15 is 0 Å². The monoisotopic (exact) mass is 351 g/mol. The summed E-state index contributed by atoms with van der Waals surface area (Å²) in [5.74, 6) is -2.28. The number of aromatic carboxylic acids is 1. The molecule has 0 aliphatic rings.